The van der Waals surface area contributed by atoms with Crippen molar-refractivity contribution in [3.8, 4) is 0 Å². The average Bonchev–Trinajstić information content (AvgIpc) is 2.98. The lowest BCUT2D eigenvalue weighted by atomic mass is 9.77. The number of rotatable bonds is 3. The van der Waals surface area contributed by atoms with Gasteiger partial charge >= 0.3 is 0 Å². The van der Waals surface area contributed by atoms with Crippen molar-refractivity contribution in [2.45, 2.75) is 26.2 Å². The van der Waals surface area contributed by atoms with Gasteiger partial charge in [0.15, 0.2) is 5.76 Å². The van der Waals surface area contributed by atoms with Gasteiger partial charge in [-0.25, -0.2) is 0 Å². The van der Waals surface area contributed by atoms with Crippen molar-refractivity contribution in [2.24, 2.45) is 5.41 Å². The summed E-state index contributed by atoms with van der Waals surface area (Å²) in [4.78, 5) is 14.4. The molecule has 0 radical (unpaired) electrons. The van der Waals surface area contributed by atoms with Gasteiger partial charge in [0.05, 0.1) is 0 Å². The molecule has 1 aliphatic heterocycles. The van der Waals surface area contributed by atoms with Gasteiger partial charge < -0.3 is 14.4 Å². The number of furan rings is 1. The van der Waals surface area contributed by atoms with Gasteiger partial charge in [-0.15, -0.1) is 0 Å². The number of fused-ring (bicyclic) bond motifs is 1. The maximum absolute atomic E-state index is 12.5. The minimum Gasteiger partial charge on any atom is -0.451 e. The second-order valence-electron chi connectivity index (χ2n) is 5.95. The monoisotopic (exact) mass is 287 g/mol. The molecule has 1 aromatic carbocycles. The van der Waals surface area contributed by atoms with Crippen LogP contribution in [0.5, 0.6) is 0 Å². The van der Waals surface area contributed by atoms with Gasteiger partial charge in [-0.2, -0.15) is 0 Å². The number of hydrogen-bond acceptors (Lipinski definition) is 3. The largest absolute Gasteiger partial charge is 0.451 e. The number of hydrogen-bond donors (Lipinski definition) is 1. The summed E-state index contributed by atoms with van der Waals surface area (Å²) in [6.45, 7) is 3.68. The van der Waals surface area contributed by atoms with Crippen LogP contribution in [0.3, 0.4) is 0 Å². The van der Waals surface area contributed by atoms with Gasteiger partial charge in [0.25, 0.3) is 5.91 Å². The van der Waals surface area contributed by atoms with E-state index in [1.54, 1.807) is 0 Å². The van der Waals surface area contributed by atoms with Crippen LogP contribution < -0.4 is 0 Å². The van der Waals surface area contributed by atoms with Crippen LogP contribution >= 0.6 is 0 Å². The second kappa shape index (κ2) is 5.53. The number of aliphatic hydroxyl groups is 1. The van der Waals surface area contributed by atoms with E-state index >= 15 is 0 Å². The Balaban J connectivity index is 1.74. The van der Waals surface area contributed by atoms with Crippen LogP contribution in [-0.2, 0) is 0 Å². The quantitative estimate of drug-likeness (QED) is 0.944. The highest BCUT2D eigenvalue weighted by atomic mass is 16.3. The number of amides is 1. The Labute approximate surface area is 124 Å². The lowest BCUT2D eigenvalue weighted by molar-refractivity contribution is 0.0321. The van der Waals surface area contributed by atoms with Crippen LogP contribution in [0.1, 0.15) is 36.7 Å². The molecule has 0 atom stereocenters. The molecule has 2 aromatic rings. The van der Waals surface area contributed by atoms with Crippen LogP contribution in [0.15, 0.2) is 34.7 Å². The van der Waals surface area contributed by atoms with E-state index in [4.69, 9.17) is 4.42 Å². The van der Waals surface area contributed by atoms with Crippen molar-refractivity contribution < 1.29 is 14.3 Å². The van der Waals surface area contributed by atoms with E-state index in [2.05, 4.69) is 6.92 Å². The van der Waals surface area contributed by atoms with Crippen LogP contribution in [0.25, 0.3) is 11.0 Å². The number of piperidine rings is 1. The molecule has 21 heavy (non-hydrogen) atoms. The number of nitrogens with zero attached hydrogens (tertiary/aromatic N) is 1. The summed E-state index contributed by atoms with van der Waals surface area (Å²) in [5.74, 6) is 0.359. The zero-order chi connectivity index (χ0) is 14.9. The van der Waals surface area contributed by atoms with Gasteiger partial charge in [-0.1, -0.05) is 25.1 Å². The Kier molecular flexibility index (Phi) is 3.72. The molecule has 1 fully saturated rings. The van der Waals surface area contributed by atoms with Crippen molar-refractivity contribution >= 4 is 16.9 Å². The SMILES string of the molecule is CCC1(CO)CCN(C(=O)c2cc3ccccc3o2)CC1. The van der Waals surface area contributed by atoms with E-state index < -0.39 is 0 Å². The molecule has 1 aliphatic rings. The van der Waals surface area contributed by atoms with Crippen molar-refractivity contribution in [3.05, 3.63) is 36.1 Å². The first-order valence-corrected chi connectivity index (χ1v) is 7.56. The van der Waals surface area contributed by atoms with E-state index in [1.807, 2.05) is 35.2 Å². The molecule has 0 unspecified atom stereocenters. The summed E-state index contributed by atoms with van der Waals surface area (Å²) in [5.41, 5.74) is 0.737. The lowest BCUT2D eigenvalue weighted by Crippen LogP contribution is -2.44. The summed E-state index contributed by atoms with van der Waals surface area (Å²) >= 11 is 0. The van der Waals surface area contributed by atoms with E-state index in [1.165, 1.54) is 0 Å². The maximum Gasteiger partial charge on any atom is 0.289 e. The van der Waals surface area contributed by atoms with E-state index in [9.17, 15) is 9.90 Å². The molecule has 112 valence electrons. The molecule has 1 aromatic heterocycles. The molecule has 1 N–H and O–H groups in total. The minimum absolute atomic E-state index is 0.00927. The van der Waals surface area contributed by atoms with E-state index in [-0.39, 0.29) is 17.9 Å². The Morgan fingerprint density at radius 1 is 1.33 bits per heavy atom. The summed E-state index contributed by atoms with van der Waals surface area (Å²) in [7, 11) is 0. The number of aliphatic hydroxyl groups excluding tert-OH is 1. The number of carbonyl (C=O) groups is 1. The highest BCUT2D eigenvalue weighted by molar-refractivity contribution is 5.96. The highest BCUT2D eigenvalue weighted by Crippen LogP contribution is 2.34. The molecule has 0 spiro atoms. The third kappa shape index (κ3) is 2.56. The van der Waals surface area contributed by atoms with Gasteiger partial charge in [0.2, 0.25) is 0 Å². The minimum atomic E-state index is -0.0474. The molecule has 0 aliphatic carbocycles. The molecule has 1 saturated heterocycles. The number of benzene rings is 1. The van der Waals surface area contributed by atoms with Crippen LogP contribution in [0, 0.1) is 5.41 Å². The number of carbonyl (C=O) groups excluding carboxylic acids is 1. The van der Waals surface area contributed by atoms with Gasteiger partial charge in [0.1, 0.15) is 5.58 Å². The van der Waals surface area contributed by atoms with Crippen LogP contribution in [0.2, 0.25) is 0 Å². The lowest BCUT2D eigenvalue weighted by Gasteiger charge is -2.39. The van der Waals surface area contributed by atoms with E-state index in [0.29, 0.717) is 18.8 Å². The molecule has 4 nitrogen and oxygen atoms in total. The maximum atomic E-state index is 12.5. The van der Waals surface area contributed by atoms with Gasteiger partial charge in [-0.05, 0) is 36.8 Å². The summed E-state index contributed by atoms with van der Waals surface area (Å²) in [6, 6.07) is 9.46. The summed E-state index contributed by atoms with van der Waals surface area (Å²) < 4.78 is 5.65. The molecule has 0 saturated carbocycles. The molecular weight excluding hydrogens is 266 g/mol. The van der Waals surface area contributed by atoms with E-state index in [0.717, 1.165) is 30.2 Å². The smallest absolute Gasteiger partial charge is 0.289 e. The average molecular weight is 287 g/mol. The molecule has 4 heteroatoms. The fourth-order valence-electron chi connectivity index (χ4n) is 3.05. The molecule has 2 heterocycles. The van der Waals surface area contributed by atoms with Gasteiger partial charge in [-0.3, -0.25) is 4.79 Å². The van der Waals surface area contributed by atoms with Crippen molar-refractivity contribution in [2.75, 3.05) is 19.7 Å². The Morgan fingerprint density at radius 2 is 2.05 bits per heavy atom. The molecule has 3 rings (SSSR count). The first-order chi connectivity index (χ1) is 10.2. The van der Waals surface area contributed by atoms with Crippen molar-refractivity contribution in [1.82, 2.24) is 4.90 Å². The first-order valence-electron chi connectivity index (χ1n) is 7.56. The predicted molar refractivity (Wildman–Crippen MR) is 81.2 cm³/mol. The predicted octanol–water partition coefficient (Wildman–Crippen LogP) is 3.06. The highest BCUT2D eigenvalue weighted by Gasteiger charge is 2.34. The Hall–Kier alpha value is -1.81. The topological polar surface area (TPSA) is 53.7 Å². The second-order valence-corrected chi connectivity index (χ2v) is 5.95. The first kappa shape index (κ1) is 14.1. The van der Waals surface area contributed by atoms with Gasteiger partial charge in [0, 0.05) is 25.1 Å². The standard InChI is InChI=1S/C17H21NO3/c1-2-17(12-19)7-9-18(10-8-17)16(20)15-11-13-5-3-4-6-14(13)21-15/h3-6,11,19H,2,7-10,12H2,1H3. The normalized spacial score (nSPS) is 18.1. The third-order valence-electron chi connectivity index (χ3n) is 4.83. The fourth-order valence-corrected chi connectivity index (χ4v) is 3.05. The summed E-state index contributed by atoms with van der Waals surface area (Å²) in [5, 5.41) is 10.5. The van der Waals surface area contributed by atoms with Crippen molar-refractivity contribution in [1.29, 1.82) is 0 Å². The molecule has 0 bridgehead atoms. The molecule has 1 amide bonds. The molecular formula is C17H21NO3. The summed E-state index contributed by atoms with van der Waals surface area (Å²) in [6.07, 6.45) is 2.66. The van der Waals surface area contributed by atoms with Crippen LogP contribution in [-0.4, -0.2) is 35.6 Å². The fraction of sp³-hybridized carbons (Fsp3) is 0.471. The van der Waals surface area contributed by atoms with Crippen molar-refractivity contribution in [3.63, 3.8) is 0 Å². The number of likely N-dealkylation sites (tertiary alicyclic amines) is 1. The number of para-hydroxylation sites is 1. The zero-order valence-corrected chi connectivity index (χ0v) is 12.3. The third-order valence-corrected chi connectivity index (χ3v) is 4.83. The zero-order valence-electron chi connectivity index (χ0n) is 12.3. The Bertz CT molecular complexity index is 599. The van der Waals surface area contributed by atoms with Crippen LogP contribution in [0.4, 0.5) is 0 Å². The Morgan fingerprint density at radius 3 is 2.67 bits per heavy atom.